The van der Waals surface area contributed by atoms with Gasteiger partial charge in [0.2, 0.25) is 17.8 Å². The van der Waals surface area contributed by atoms with Gasteiger partial charge in [0.1, 0.15) is 0 Å². The molecule has 2 aromatic heterocycles. The van der Waals surface area contributed by atoms with Crippen LogP contribution < -0.4 is 22.5 Å². The zero-order chi connectivity index (χ0) is 19.0. The Labute approximate surface area is 158 Å². The van der Waals surface area contributed by atoms with Crippen molar-refractivity contribution in [3.63, 3.8) is 0 Å². The van der Waals surface area contributed by atoms with Crippen molar-refractivity contribution in [3.05, 3.63) is 48.0 Å². The van der Waals surface area contributed by atoms with Crippen LogP contribution in [0.4, 0.5) is 29.2 Å². The van der Waals surface area contributed by atoms with E-state index in [9.17, 15) is 0 Å². The Hall–Kier alpha value is -3.72. The number of hydrogen-bond donors (Lipinski definition) is 5. The standard InChI is InChI=1S/C18H16N8S/c19-8-10-5-11(23-18-25-16(21)24-17(22)26-18)7-12(15(10)20)14-6-9-3-1-2-4-13(9)27-14/h1-8,19H,20H2,(H5,21,22,23,24,25,26). The normalized spacial score (nSPS) is 10.8. The topological polar surface area (TPSA) is 153 Å². The summed E-state index contributed by atoms with van der Waals surface area (Å²) in [5, 5.41) is 11.9. The lowest BCUT2D eigenvalue weighted by molar-refractivity contribution is 1.08. The zero-order valence-corrected chi connectivity index (χ0v) is 14.9. The molecule has 27 heavy (non-hydrogen) atoms. The molecule has 0 spiro atoms. The highest BCUT2D eigenvalue weighted by molar-refractivity contribution is 7.22. The Morgan fingerprint density at radius 2 is 1.70 bits per heavy atom. The van der Waals surface area contributed by atoms with Crippen LogP contribution in [0, 0.1) is 5.41 Å². The van der Waals surface area contributed by atoms with E-state index in [1.807, 2.05) is 18.2 Å². The molecule has 4 aromatic rings. The average Bonchev–Trinajstić information content (AvgIpc) is 3.06. The Morgan fingerprint density at radius 1 is 0.963 bits per heavy atom. The van der Waals surface area contributed by atoms with E-state index in [0.717, 1.165) is 15.8 Å². The van der Waals surface area contributed by atoms with E-state index in [-0.39, 0.29) is 17.8 Å². The number of benzene rings is 2. The van der Waals surface area contributed by atoms with E-state index in [1.165, 1.54) is 10.9 Å². The van der Waals surface area contributed by atoms with Crippen molar-refractivity contribution in [1.82, 2.24) is 15.0 Å². The first-order valence-electron chi connectivity index (χ1n) is 8.00. The Kier molecular flexibility index (Phi) is 4.05. The second kappa shape index (κ2) is 6.54. The van der Waals surface area contributed by atoms with Crippen LogP contribution in [0.5, 0.6) is 0 Å². The van der Waals surface area contributed by atoms with Gasteiger partial charge in [-0.3, -0.25) is 0 Å². The summed E-state index contributed by atoms with van der Waals surface area (Å²) < 4.78 is 1.17. The fourth-order valence-corrected chi connectivity index (χ4v) is 3.87. The SMILES string of the molecule is N=Cc1cc(Nc2nc(N)nc(N)n2)cc(-c2cc3ccccc3s2)c1N. The number of hydrogen-bond acceptors (Lipinski definition) is 9. The molecule has 0 atom stereocenters. The number of rotatable bonds is 4. The zero-order valence-electron chi connectivity index (χ0n) is 14.1. The summed E-state index contributed by atoms with van der Waals surface area (Å²) in [6.07, 6.45) is 1.22. The molecule has 134 valence electrons. The highest BCUT2D eigenvalue weighted by Crippen LogP contribution is 2.39. The first kappa shape index (κ1) is 16.7. The summed E-state index contributed by atoms with van der Waals surface area (Å²) >= 11 is 1.64. The molecule has 0 radical (unpaired) electrons. The molecule has 0 saturated heterocycles. The fraction of sp³-hybridized carbons (Fsp3) is 0. The van der Waals surface area contributed by atoms with Gasteiger partial charge < -0.3 is 27.9 Å². The van der Waals surface area contributed by atoms with Gasteiger partial charge in [-0.25, -0.2) is 0 Å². The minimum absolute atomic E-state index is 0.0254. The van der Waals surface area contributed by atoms with Crippen molar-refractivity contribution in [2.24, 2.45) is 0 Å². The molecule has 8 N–H and O–H groups in total. The molecule has 9 heteroatoms. The first-order chi connectivity index (χ1) is 13.0. The monoisotopic (exact) mass is 376 g/mol. The molecule has 0 aliphatic carbocycles. The third-order valence-corrected chi connectivity index (χ3v) is 5.13. The summed E-state index contributed by atoms with van der Waals surface area (Å²) in [6, 6.07) is 13.8. The van der Waals surface area contributed by atoms with Crippen molar-refractivity contribution in [2.45, 2.75) is 0 Å². The molecular weight excluding hydrogens is 360 g/mol. The average molecular weight is 376 g/mol. The third kappa shape index (κ3) is 3.23. The van der Waals surface area contributed by atoms with E-state index in [4.69, 9.17) is 22.6 Å². The van der Waals surface area contributed by atoms with E-state index in [2.05, 4.69) is 38.5 Å². The van der Waals surface area contributed by atoms with Gasteiger partial charge >= 0.3 is 0 Å². The molecule has 0 fully saturated rings. The molecule has 0 saturated carbocycles. The maximum atomic E-state index is 7.69. The number of nitrogens with one attached hydrogen (secondary N) is 2. The predicted molar refractivity (Wildman–Crippen MR) is 111 cm³/mol. The number of fused-ring (bicyclic) bond motifs is 1. The Bertz CT molecular complexity index is 1110. The summed E-state index contributed by atoms with van der Waals surface area (Å²) in [4.78, 5) is 12.8. The van der Waals surface area contributed by atoms with Gasteiger partial charge in [0, 0.05) is 38.3 Å². The fourth-order valence-electron chi connectivity index (χ4n) is 2.78. The van der Waals surface area contributed by atoms with Crippen LogP contribution in [-0.2, 0) is 0 Å². The Morgan fingerprint density at radius 3 is 2.41 bits per heavy atom. The maximum absolute atomic E-state index is 7.69. The van der Waals surface area contributed by atoms with Crippen molar-refractivity contribution >= 4 is 56.9 Å². The van der Waals surface area contributed by atoms with Gasteiger partial charge in [-0.2, -0.15) is 15.0 Å². The second-order valence-electron chi connectivity index (χ2n) is 5.82. The van der Waals surface area contributed by atoms with Crippen LogP contribution in [-0.4, -0.2) is 21.2 Å². The number of nitrogens with zero attached hydrogens (tertiary/aromatic N) is 3. The largest absolute Gasteiger partial charge is 0.398 e. The summed E-state index contributed by atoms with van der Waals surface area (Å²) in [5.41, 5.74) is 20.2. The highest BCUT2D eigenvalue weighted by atomic mass is 32.1. The molecule has 0 aliphatic heterocycles. The van der Waals surface area contributed by atoms with E-state index >= 15 is 0 Å². The van der Waals surface area contributed by atoms with Gasteiger partial charge in [0.15, 0.2) is 0 Å². The predicted octanol–water partition coefficient (Wildman–Crippen LogP) is 3.24. The number of aromatic nitrogens is 3. The number of anilines is 5. The summed E-state index contributed by atoms with van der Waals surface area (Å²) in [6.45, 7) is 0. The molecule has 2 aromatic carbocycles. The van der Waals surface area contributed by atoms with Crippen LogP contribution >= 0.6 is 11.3 Å². The maximum Gasteiger partial charge on any atom is 0.233 e. The minimum Gasteiger partial charge on any atom is -0.398 e. The molecule has 0 aliphatic rings. The van der Waals surface area contributed by atoms with Crippen molar-refractivity contribution in [2.75, 3.05) is 22.5 Å². The highest BCUT2D eigenvalue weighted by Gasteiger charge is 2.13. The molecule has 4 rings (SSSR count). The summed E-state index contributed by atoms with van der Waals surface area (Å²) in [7, 11) is 0. The number of thiophene rings is 1. The minimum atomic E-state index is 0.0254. The molecule has 0 bridgehead atoms. The Balaban J connectivity index is 1.82. The van der Waals surface area contributed by atoms with Crippen LogP contribution in [0.3, 0.4) is 0 Å². The third-order valence-electron chi connectivity index (χ3n) is 3.98. The van der Waals surface area contributed by atoms with Crippen LogP contribution in [0.25, 0.3) is 20.5 Å². The molecule has 8 nitrogen and oxygen atoms in total. The molecule has 0 amide bonds. The van der Waals surface area contributed by atoms with Gasteiger partial charge in [-0.05, 0) is 29.7 Å². The lowest BCUT2D eigenvalue weighted by Crippen LogP contribution is -2.07. The van der Waals surface area contributed by atoms with E-state index < -0.39 is 0 Å². The van der Waals surface area contributed by atoms with E-state index in [1.54, 1.807) is 17.4 Å². The summed E-state index contributed by atoms with van der Waals surface area (Å²) in [5.74, 6) is 0.276. The quantitative estimate of drug-likeness (QED) is 0.271. The lowest BCUT2D eigenvalue weighted by atomic mass is 10.0. The van der Waals surface area contributed by atoms with Crippen LogP contribution in [0.1, 0.15) is 5.56 Å². The lowest BCUT2D eigenvalue weighted by Gasteiger charge is -2.12. The van der Waals surface area contributed by atoms with Gasteiger partial charge in [0.25, 0.3) is 0 Å². The van der Waals surface area contributed by atoms with Crippen LogP contribution in [0.15, 0.2) is 42.5 Å². The smallest absolute Gasteiger partial charge is 0.233 e. The van der Waals surface area contributed by atoms with Crippen molar-refractivity contribution in [3.8, 4) is 10.4 Å². The van der Waals surface area contributed by atoms with Crippen molar-refractivity contribution in [1.29, 1.82) is 5.41 Å². The molecule has 0 unspecified atom stereocenters. The molecular formula is C18H16N8S. The first-order valence-corrected chi connectivity index (χ1v) is 8.82. The number of nitrogens with two attached hydrogens (primary N) is 3. The second-order valence-corrected chi connectivity index (χ2v) is 6.90. The van der Waals surface area contributed by atoms with Gasteiger partial charge in [-0.15, -0.1) is 11.3 Å². The van der Waals surface area contributed by atoms with Crippen LogP contribution in [0.2, 0.25) is 0 Å². The van der Waals surface area contributed by atoms with Gasteiger partial charge in [-0.1, -0.05) is 18.2 Å². The molecule has 2 heterocycles. The number of nitrogen functional groups attached to an aromatic ring is 3. The van der Waals surface area contributed by atoms with Crippen molar-refractivity contribution < 1.29 is 0 Å². The van der Waals surface area contributed by atoms with Gasteiger partial charge in [0.05, 0.1) is 0 Å². The van der Waals surface area contributed by atoms with E-state index in [0.29, 0.717) is 16.9 Å².